The van der Waals surface area contributed by atoms with Gasteiger partial charge in [0.25, 0.3) is 0 Å². The molecule has 7 heterocycles. The molecule has 7 rings (SSSR count). The highest BCUT2D eigenvalue weighted by Crippen LogP contribution is 2.40. The number of fused-ring (bicyclic) bond motifs is 2. The van der Waals surface area contributed by atoms with Crippen LogP contribution in [0.5, 0.6) is 0 Å². The number of hydrogen-bond donors (Lipinski definition) is 13. The number of aliphatic hydroxyl groups is 13. The molecular weight excluding hydrogens is 1150 g/mol. The third-order valence-electron chi connectivity index (χ3n) is 17.6. The molecule has 500 valence electrons. The summed E-state index contributed by atoms with van der Waals surface area (Å²) in [6.45, 7) is 9.53. The number of carbonyl (C=O) groups is 2. The van der Waals surface area contributed by atoms with Gasteiger partial charge in [-0.15, -0.1) is 0 Å². The zero-order valence-corrected chi connectivity index (χ0v) is 50.1. The van der Waals surface area contributed by atoms with Crippen molar-refractivity contribution >= 4 is 11.9 Å². The normalized spacial score (nSPS) is 47.5. The second kappa shape index (κ2) is 33.0. The minimum Gasteiger partial charge on any atom is -0.454 e. The first-order valence-electron chi connectivity index (χ1n) is 30.9. The SMILES string of the molecule is CCCCCC1CCCCCCCCCC(=O)O[C@H]2[C@H](O[C@H]3[C@@H](O1)O[C@H](C)[C@H](O)[C@@H]3O)O[C@@H](C)[C@H](O[C@@H]1O[C@@H](C)[C@H](O[C@@H]3O[C@@H](C)[C@H](O[C@@H]4O[C@H](CO)[C@@H](O)[C@H](O)[C@H]4O)[C@@H](O)[C@H]3O)[C@@H](O[C@@H]3O[C@H](CO)[C@@H](O)[C@H](O)[C@H]3O)[C@H]1OC(=O)[C@@H](C)CC)[C@H]2O. The van der Waals surface area contributed by atoms with Crippen molar-refractivity contribution < 1.29 is 142 Å². The number of rotatable bonds is 17. The molecule has 86 heavy (non-hydrogen) atoms. The maximum Gasteiger partial charge on any atom is 0.309 e. The fourth-order valence-electron chi connectivity index (χ4n) is 11.9. The van der Waals surface area contributed by atoms with E-state index >= 15 is 0 Å². The number of aliphatic hydroxyl groups excluding tert-OH is 13. The van der Waals surface area contributed by atoms with E-state index in [0.29, 0.717) is 25.7 Å². The summed E-state index contributed by atoms with van der Waals surface area (Å²) >= 11 is 0. The Hall–Kier alpha value is -2.06. The summed E-state index contributed by atoms with van der Waals surface area (Å²) in [5, 5.41) is 143. The number of ether oxygens (including phenoxy) is 14. The van der Waals surface area contributed by atoms with E-state index in [9.17, 15) is 76.0 Å². The average Bonchev–Trinajstić information content (AvgIpc) is 3.03. The van der Waals surface area contributed by atoms with E-state index in [-0.39, 0.29) is 18.9 Å². The predicted octanol–water partition coefficient (Wildman–Crippen LogP) is -2.34. The van der Waals surface area contributed by atoms with E-state index in [1.807, 2.05) is 0 Å². The first-order chi connectivity index (χ1) is 40.9. The van der Waals surface area contributed by atoms with Crippen LogP contribution in [0, 0.1) is 5.92 Å². The van der Waals surface area contributed by atoms with E-state index in [4.69, 9.17) is 66.3 Å². The number of carbonyl (C=O) groups excluding carboxylic acids is 2. The standard InChI is InChI=1S/C57H98O29/c1-8-10-16-19-29-20-17-14-12-11-13-15-18-21-32(60)80-48-43(71)45(27(6)75-56(48)85-47-38(66)33(61)25(4)73-55(47)77-29)83-57-50(81-51(72)24(3)9-2)49(86-54-41(69)37(65)35(63)31(23-59)79-54)46(28(7)76-57)84-52-42(70)39(67)44(26(5)74-52)82-53-40(68)36(64)34(62)30(22-58)78-53/h24-31,33-50,52-59,61-71H,8-23H2,1-7H3/t24-,25+,26-,27-,28-,29?,30+,31+,33-,34+,35+,36-,37-,38-,39-,40+,41+,42+,43+,44-,45-,46-,47+,48+,49+,50+,52-,53-,54-,55+,56-,57-/m0/s1. The molecule has 0 aromatic rings. The monoisotopic (exact) mass is 1250 g/mol. The Bertz CT molecular complexity index is 2030. The van der Waals surface area contributed by atoms with Crippen molar-refractivity contribution in [3.63, 3.8) is 0 Å². The van der Waals surface area contributed by atoms with Gasteiger partial charge in [-0.1, -0.05) is 78.6 Å². The van der Waals surface area contributed by atoms with E-state index in [1.54, 1.807) is 20.8 Å². The molecule has 13 N–H and O–H groups in total. The van der Waals surface area contributed by atoms with Crippen LogP contribution in [0.25, 0.3) is 0 Å². The van der Waals surface area contributed by atoms with Crippen LogP contribution in [-0.2, 0) is 75.9 Å². The lowest BCUT2D eigenvalue weighted by atomic mass is 9.95. The summed E-state index contributed by atoms with van der Waals surface area (Å²) < 4.78 is 87.0. The van der Waals surface area contributed by atoms with Crippen LogP contribution in [0.3, 0.4) is 0 Å². The molecule has 7 fully saturated rings. The molecule has 0 spiro atoms. The van der Waals surface area contributed by atoms with E-state index in [0.717, 1.165) is 51.4 Å². The van der Waals surface area contributed by atoms with Gasteiger partial charge in [-0.3, -0.25) is 9.59 Å². The summed E-state index contributed by atoms with van der Waals surface area (Å²) in [6.07, 6.45) is -40.3. The van der Waals surface area contributed by atoms with Gasteiger partial charge in [0.05, 0.1) is 49.7 Å². The van der Waals surface area contributed by atoms with Crippen LogP contribution in [-0.4, -0.2) is 282 Å². The third kappa shape index (κ3) is 17.1. The van der Waals surface area contributed by atoms with Gasteiger partial charge < -0.3 is 133 Å². The maximum absolute atomic E-state index is 14.1. The highest BCUT2D eigenvalue weighted by molar-refractivity contribution is 5.72. The van der Waals surface area contributed by atoms with Crippen LogP contribution >= 0.6 is 0 Å². The lowest BCUT2D eigenvalue weighted by Crippen LogP contribution is -2.68. The Morgan fingerprint density at radius 3 is 1.57 bits per heavy atom. The molecule has 0 aromatic carbocycles. The highest BCUT2D eigenvalue weighted by atomic mass is 16.8. The molecule has 0 aromatic heterocycles. The molecular formula is C57H98O29. The maximum atomic E-state index is 14.1. The second-order valence-electron chi connectivity index (χ2n) is 24.1. The van der Waals surface area contributed by atoms with Crippen molar-refractivity contribution in [1.82, 2.24) is 0 Å². The van der Waals surface area contributed by atoms with Gasteiger partial charge in [-0.05, 0) is 53.4 Å². The van der Waals surface area contributed by atoms with Crippen molar-refractivity contribution in [2.75, 3.05) is 13.2 Å². The molecule has 0 bridgehead atoms. The van der Waals surface area contributed by atoms with Crippen molar-refractivity contribution in [3.8, 4) is 0 Å². The van der Waals surface area contributed by atoms with Crippen LogP contribution in [0.1, 0.15) is 138 Å². The summed E-state index contributed by atoms with van der Waals surface area (Å²) in [7, 11) is 0. The summed E-state index contributed by atoms with van der Waals surface area (Å²) in [5.74, 6) is -2.44. The van der Waals surface area contributed by atoms with Crippen molar-refractivity contribution in [3.05, 3.63) is 0 Å². The van der Waals surface area contributed by atoms with E-state index in [2.05, 4.69) is 6.92 Å². The Morgan fingerprint density at radius 2 is 0.965 bits per heavy atom. The molecule has 32 atom stereocenters. The zero-order chi connectivity index (χ0) is 62.8. The smallest absolute Gasteiger partial charge is 0.309 e. The number of hydrogen-bond acceptors (Lipinski definition) is 29. The molecule has 0 saturated carbocycles. The first kappa shape index (κ1) is 71.4. The Balaban J connectivity index is 1.21. The minimum absolute atomic E-state index is 0.0655. The molecule has 7 aliphatic rings. The van der Waals surface area contributed by atoms with Gasteiger partial charge in [0, 0.05) is 6.42 Å². The lowest BCUT2D eigenvalue weighted by Gasteiger charge is -2.51. The topological polar surface area (TPSA) is 426 Å². The van der Waals surface area contributed by atoms with Gasteiger partial charge in [0.15, 0.2) is 49.9 Å². The van der Waals surface area contributed by atoms with Crippen LogP contribution in [0.15, 0.2) is 0 Å². The fraction of sp³-hybridized carbons (Fsp3) is 0.965. The Kier molecular flexibility index (Phi) is 27.4. The molecule has 29 heteroatoms. The van der Waals surface area contributed by atoms with E-state index < -0.39 is 215 Å². The molecule has 7 aliphatic heterocycles. The predicted molar refractivity (Wildman–Crippen MR) is 289 cm³/mol. The van der Waals surface area contributed by atoms with Crippen molar-refractivity contribution in [2.45, 2.75) is 329 Å². The molecule has 1 unspecified atom stereocenters. The molecule has 0 amide bonds. The molecule has 0 radical (unpaired) electrons. The highest BCUT2D eigenvalue weighted by Gasteiger charge is 2.59. The molecule has 29 nitrogen and oxygen atoms in total. The first-order valence-corrected chi connectivity index (χ1v) is 30.9. The van der Waals surface area contributed by atoms with E-state index in [1.165, 1.54) is 20.8 Å². The van der Waals surface area contributed by atoms with Gasteiger partial charge in [-0.2, -0.15) is 0 Å². The second-order valence-corrected chi connectivity index (χ2v) is 24.1. The van der Waals surface area contributed by atoms with Gasteiger partial charge in [0.2, 0.25) is 0 Å². The number of esters is 2. The number of unbranched alkanes of at least 4 members (excludes halogenated alkanes) is 2. The van der Waals surface area contributed by atoms with Gasteiger partial charge in [0.1, 0.15) is 110 Å². The van der Waals surface area contributed by atoms with Crippen LogP contribution in [0.2, 0.25) is 0 Å². The molecule has 0 aliphatic carbocycles. The fourth-order valence-corrected chi connectivity index (χ4v) is 11.9. The van der Waals surface area contributed by atoms with Crippen molar-refractivity contribution in [2.24, 2.45) is 5.92 Å². The quantitative estimate of drug-likeness (QED) is 0.0536. The molecule has 7 saturated heterocycles. The third-order valence-corrected chi connectivity index (χ3v) is 17.6. The summed E-state index contributed by atoms with van der Waals surface area (Å²) in [5.41, 5.74) is 0. The van der Waals surface area contributed by atoms with Gasteiger partial charge >= 0.3 is 11.9 Å². The minimum atomic E-state index is -2.07. The summed E-state index contributed by atoms with van der Waals surface area (Å²) in [4.78, 5) is 28.0. The Morgan fingerprint density at radius 1 is 0.477 bits per heavy atom. The summed E-state index contributed by atoms with van der Waals surface area (Å²) in [6, 6.07) is 0. The van der Waals surface area contributed by atoms with Gasteiger partial charge in [-0.25, -0.2) is 0 Å². The average molecular weight is 1250 g/mol. The zero-order valence-electron chi connectivity index (χ0n) is 50.1. The largest absolute Gasteiger partial charge is 0.454 e. The van der Waals surface area contributed by atoms with Crippen LogP contribution < -0.4 is 0 Å². The van der Waals surface area contributed by atoms with Crippen LogP contribution in [0.4, 0.5) is 0 Å². The Labute approximate surface area is 500 Å². The van der Waals surface area contributed by atoms with Crippen molar-refractivity contribution in [1.29, 1.82) is 0 Å². The lowest BCUT2D eigenvalue weighted by molar-refractivity contribution is -0.403.